The molecule has 10 nitrogen and oxygen atoms in total. The average Bonchev–Trinajstić information content (AvgIpc) is 3.23. The van der Waals surface area contributed by atoms with E-state index in [1.165, 1.54) is 18.0 Å². The van der Waals surface area contributed by atoms with E-state index >= 15 is 0 Å². The van der Waals surface area contributed by atoms with Crippen LogP contribution in [0.1, 0.15) is 23.7 Å². The van der Waals surface area contributed by atoms with Gasteiger partial charge in [0.25, 0.3) is 0 Å². The first-order valence-electron chi connectivity index (χ1n) is 11.8. The first-order chi connectivity index (χ1) is 18.3. The smallest absolute Gasteiger partial charge is 0.182 e. The molecule has 38 heavy (non-hydrogen) atoms. The second-order valence-electron chi connectivity index (χ2n) is 8.60. The van der Waals surface area contributed by atoms with Gasteiger partial charge in [0.1, 0.15) is 23.1 Å². The molecule has 1 aliphatic rings. The van der Waals surface area contributed by atoms with Gasteiger partial charge in [-0.2, -0.15) is 15.7 Å². The van der Waals surface area contributed by atoms with Crippen molar-refractivity contribution in [2.45, 2.75) is 25.6 Å². The van der Waals surface area contributed by atoms with Crippen LogP contribution >= 0.6 is 10.6 Å². The third kappa shape index (κ3) is 5.26. The Kier molecular flexibility index (Phi) is 7.15. The third-order valence-corrected chi connectivity index (χ3v) is 7.68. The van der Waals surface area contributed by atoms with Crippen LogP contribution in [0.15, 0.2) is 42.9 Å². The lowest BCUT2D eigenvalue weighted by molar-refractivity contribution is 0.335. The van der Waals surface area contributed by atoms with Crippen LogP contribution in [0.2, 0.25) is 0 Å². The van der Waals surface area contributed by atoms with E-state index < -0.39 is 22.2 Å². The molecule has 3 N–H and O–H groups in total. The summed E-state index contributed by atoms with van der Waals surface area (Å²) < 4.78 is 62.8. The van der Waals surface area contributed by atoms with Gasteiger partial charge in [0.2, 0.25) is 0 Å². The molecular formula is C25H26F2N6O4S. The van der Waals surface area contributed by atoms with Gasteiger partial charge >= 0.3 is 0 Å². The van der Waals surface area contributed by atoms with Crippen LogP contribution in [0.3, 0.4) is 0 Å². The molecule has 13 heteroatoms. The van der Waals surface area contributed by atoms with E-state index in [2.05, 4.69) is 25.4 Å². The average molecular weight is 545 g/mol. The Labute approximate surface area is 219 Å². The normalized spacial score (nSPS) is 15.0. The van der Waals surface area contributed by atoms with Crippen LogP contribution in [0.4, 0.5) is 20.3 Å². The summed E-state index contributed by atoms with van der Waals surface area (Å²) in [7, 11) is -1.42. The minimum absolute atomic E-state index is 0.0611. The lowest BCUT2D eigenvalue weighted by Crippen LogP contribution is -2.19. The summed E-state index contributed by atoms with van der Waals surface area (Å²) in [6.07, 6.45) is 4.99. The molecule has 0 spiro atoms. The van der Waals surface area contributed by atoms with Crippen molar-refractivity contribution in [1.29, 1.82) is 0 Å². The number of hydrogen-bond donors (Lipinski definition) is 3. The fourth-order valence-corrected chi connectivity index (χ4v) is 5.70. The van der Waals surface area contributed by atoms with Crippen LogP contribution in [-0.2, 0) is 18.7 Å². The van der Waals surface area contributed by atoms with Crippen LogP contribution in [0.5, 0.6) is 11.5 Å². The summed E-state index contributed by atoms with van der Waals surface area (Å²) in [4.78, 5) is 13.0. The number of aromatic nitrogens is 5. The Hall–Kier alpha value is -3.81. The number of methoxy groups -OCH3 is 1. The van der Waals surface area contributed by atoms with Gasteiger partial charge in [-0.15, -0.1) is 0 Å². The van der Waals surface area contributed by atoms with Crippen LogP contribution in [0, 0.1) is 11.6 Å². The molecule has 4 heterocycles. The maximum Gasteiger partial charge on any atom is 0.182 e. The number of fused-ring (bicyclic) bond motifs is 1. The summed E-state index contributed by atoms with van der Waals surface area (Å²) in [5.41, 5.74) is 2.00. The minimum Gasteiger partial charge on any atom is -0.494 e. The number of nitrogens with one attached hydrogen (secondary N) is 1. The topological polar surface area (TPSA) is 127 Å². The van der Waals surface area contributed by atoms with Gasteiger partial charge in [-0.1, -0.05) is 0 Å². The molecule has 200 valence electrons. The third-order valence-electron chi connectivity index (χ3n) is 6.07. The number of rotatable bonds is 8. The van der Waals surface area contributed by atoms with E-state index in [0.29, 0.717) is 34.2 Å². The van der Waals surface area contributed by atoms with Crippen LogP contribution in [0.25, 0.3) is 11.5 Å². The summed E-state index contributed by atoms with van der Waals surface area (Å²) in [6.45, 7) is 1.80. The maximum absolute atomic E-state index is 14.9. The highest BCUT2D eigenvalue weighted by molar-refractivity contribution is 8.23. The highest BCUT2D eigenvalue weighted by atomic mass is 32.3. The Morgan fingerprint density at radius 2 is 1.89 bits per heavy atom. The molecule has 1 aromatic carbocycles. The zero-order valence-electron chi connectivity index (χ0n) is 20.7. The van der Waals surface area contributed by atoms with Gasteiger partial charge in [-0.25, -0.2) is 18.7 Å². The summed E-state index contributed by atoms with van der Waals surface area (Å²) >= 11 is 0. The van der Waals surface area contributed by atoms with Crippen molar-refractivity contribution in [1.82, 2.24) is 24.7 Å². The molecule has 0 unspecified atom stereocenters. The van der Waals surface area contributed by atoms with Crippen molar-refractivity contribution in [2.24, 2.45) is 0 Å². The Morgan fingerprint density at radius 3 is 2.58 bits per heavy atom. The SMILES string of the molecule is CCOc1cc(F)c(Cn2nc(-c3ncc(OC)c(Nc4ccncc4)n3)c3c2CCS(O)(O)C3)c(F)c1. The van der Waals surface area contributed by atoms with Crippen molar-refractivity contribution in [3.8, 4) is 23.0 Å². The fraction of sp³-hybridized carbons (Fsp3) is 0.280. The van der Waals surface area contributed by atoms with Crippen LogP contribution < -0.4 is 14.8 Å². The highest BCUT2D eigenvalue weighted by Gasteiger charge is 2.31. The molecule has 0 fully saturated rings. The molecule has 0 aliphatic carbocycles. The first-order valence-corrected chi connectivity index (χ1v) is 13.7. The zero-order valence-corrected chi connectivity index (χ0v) is 21.5. The van der Waals surface area contributed by atoms with Crippen molar-refractivity contribution in [3.63, 3.8) is 0 Å². The number of benzene rings is 1. The predicted molar refractivity (Wildman–Crippen MR) is 139 cm³/mol. The second kappa shape index (κ2) is 10.5. The van der Waals surface area contributed by atoms with Crippen molar-refractivity contribution in [3.05, 3.63) is 71.3 Å². The number of pyridine rings is 1. The minimum atomic E-state index is -2.91. The molecule has 1 aliphatic heterocycles. The van der Waals surface area contributed by atoms with Gasteiger partial charge in [-0.3, -0.25) is 18.8 Å². The van der Waals surface area contributed by atoms with Crippen molar-refractivity contribution < 1.29 is 27.4 Å². The molecule has 0 saturated heterocycles. The molecule has 0 saturated carbocycles. The van der Waals surface area contributed by atoms with Crippen molar-refractivity contribution >= 4 is 22.1 Å². The van der Waals surface area contributed by atoms with E-state index in [-0.39, 0.29) is 48.2 Å². The summed E-state index contributed by atoms with van der Waals surface area (Å²) in [5.74, 6) is -0.426. The summed E-state index contributed by atoms with van der Waals surface area (Å²) in [6, 6.07) is 5.79. The Bertz CT molecular complexity index is 1440. The zero-order chi connectivity index (χ0) is 26.9. The van der Waals surface area contributed by atoms with Gasteiger partial charge in [-0.05, 0) is 19.1 Å². The molecule has 0 atom stereocenters. The second-order valence-corrected chi connectivity index (χ2v) is 10.9. The largest absolute Gasteiger partial charge is 0.494 e. The predicted octanol–water partition coefficient (Wildman–Crippen LogP) is 5.02. The van der Waals surface area contributed by atoms with Gasteiger partial charge in [0.05, 0.1) is 32.2 Å². The van der Waals surface area contributed by atoms with Crippen molar-refractivity contribution in [2.75, 3.05) is 24.8 Å². The maximum atomic E-state index is 14.9. The number of anilines is 2. The van der Waals surface area contributed by atoms with Gasteiger partial charge in [0, 0.05) is 59.2 Å². The molecule has 0 radical (unpaired) electrons. The van der Waals surface area contributed by atoms with E-state index in [0.717, 1.165) is 12.1 Å². The van der Waals surface area contributed by atoms with Crippen LogP contribution in [-0.4, -0.2) is 53.3 Å². The number of halogens is 2. The van der Waals surface area contributed by atoms with Gasteiger partial charge < -0.3 is 14.8 Å². The standard InChI is InChI=1S/C25H26F2N6O4S/c1-3-37-16-10-19(26)17(20(27)11-16)13-33-21-6-9-38(34,35)14-18(21)23(32-33)25-29-12-22(36-2)24(31-25)30-15-4-7-28-8-5-15/h4-5,7-8,10-12,34-35H,3,6,9,13-14H2,1-2H3,(H,28,29,30,31). The molecule has 3 aromatic heterocycles. The van der Waals surface area contributed by atoms with Gasteiger partial charge in [0.15, 0.2) is 17.4 Å². The Balaban J connectivity index is 1.57. The molecular weight excluding hydrogens is 518 g/mol. The van der Waals surface area contributed by atoms with E-state index in [1.54, 1.807) is 31.5 Å². The quantitative estimate of drug-likeness (QED) is 0.280. The number of nitrogens with zero attached hydrogens (tertiary/aromatic N) is 5. The number of hydrogen-bond acceptors (Lipinski definition) is 9. The summed E-state index contributed by atoms with van der Waals surface area (Å²) in [5, 5.41) is 7.76. The fourth-order valence-electron chi connectivity index (χ4n) is 4.27. The molecule has 0 bridgehead atoms. The lowest BCUT2D eigenvalue weighted by atomic mass is 10.1. The molecule has 0 amide bonds. The monoisotopic (exact) mass is 544 g/mol. The lowest BCUT2D eigenvalue weighted by Gasteiger charge is -2.36. The Morgan fingerprint density at radius 1 is 1.16 bits per heavy atom. The highest BCUT2D eigenvalue weighted by Crippen LogP contribution is 2.49. The van der Waals surface area contributed by atoms with E-state index in [1.807, 2.05) is 0 Å². The number of ether oxygens (including phenoxy) is 2. The first kappa shape index (κ1) is 25.8. The van der Waals surface area contributed by atoms with E-state index in [4.69, 9.17) is 9.47 Å². The molecule has 5 rings (SSSR count). The molecule has 4 aromatic rings. The van der Waals surface area contributed by atoms with E-state index in [9.17, 15) is 17.9 Å².